The number of benzene rings is 1. The van der Waals surface area contributed by atoms with Crippen LogP contribution < -0.4 is 10.2 Å². The van der Waals surface area contributed by atoms with Gasteiger partial charge in [-0.15, -0.1) is 0 Å². The van der Waals surface area contributed by atoms with E-state index in [-0.39, 0.29) is 16.5 Å². The summed E-state index contributed by atoms with van der Waals surface area (Å²) in [5.41, 5.74) is 1.33. The van der Waals surface area contributed by atoms with Crippen LogP contribution in [0, 0.1) is 10.1 Å². The highest BCUT2D eigenvalue weighted by molar-refractivity contribution is 9.10. The van der Waals surface area contributed by atoms with Crippen molar-refractivity contribution in [3.8, 4) is 0 Å². The summed E-state index contributed by atoms with van der Waals surface area (Å²) in [6.45, 7) is 5.65. The van der Waals surface area contributed by atoms with Crippen LogP contribution in [-0.4, -0.2) is 60.0 Å². The van der Waals surface area contributed by atoms with Crippen LogP contribution in [0.2, 0.25) is 0 Å². The van der Waals surface area contributed by atoms with E-state index in [1.807, 2.05) is 30.0 Å². The number of piperazine rings is 1. The highest BCUT2D eigenvalue weighted by Gasteiger charge is 2.27. The van der Waals surface area contributed by atoms with Crippen molar-refractivity contribution in [3.63, 3.8) is 0 Å². The Hall–Kier alpha value is -2.26. The molecule has 1 aliphatic heterocycles. The van der Waals surface area contributed by atoms with Gasteiger partial charge in [-0.05, 0) is 24.6 Å². The largest absolute Gasteiger partial charge is 0.363 e. The Morgan fingerprint density at radius 3 is 2.74 bits per heavy atom. The van der Waals surface area contributed by atoms with E-state index < -0.39 is 0 Å². The van der Waals surface area contributed by atoms with Crippen molar-refractivity contribution in [3.05, 3.63) is 39.0 Å². The molecule has 9 heteroatoms. The van der Waals surface area contributed by atoms with Crippen molar-refractivity contribution < 1.29 is 9.72 Å². The lowest BCUT2D eigenvalue weighted by molar-refractivity contribution is -0.384. The SMILES string of the molecule is CCCNC(=O)CN1CCN(c2c([N+](=O)[O-])cnc3ccc(Br)cc23)CC1. The van der Waals surface area contributed by atoms with Gasteiger partial charge < -0.3 is 10.2 Å². The van der Waals surface area contributed by atoms with Crippen LogP contribution in [0.1, 0.15) is 13.3 Å². The number of halogens is 1. The maximum absolute atomic E-state index is 11.9. The number of aromatic nitrogens is 1. The lowest BCUT2D eigenvalue weighted by Gasteiger charge is -2.35. The third-order valence-corrected chi connectivity index (χ3v) is 5.10. The fourth-order valence-electron chi connectivity index (χ4n) is 3.26. The molecule has 0 spiro atoms. The molecule has 0 atom stereocenters. The van der Waals surface area contributed by atoms with E-state index in [9.17, 15) is 14.9 Å². The molecule has 0 aliphatic carbocycles. The summed E-state index contributed by atoms with van der Waals surface area (Å²) in [5, 5.41) is 15.2. The first kappa shape index (κ1) is 19.5. The van der Waals surface area contributed by atoms with Gasteiger partial charge in [-0.1, -0.05) is 22.9 Å². The van der Waals surface area contributed by atoms with Crippen molar-refractivity contribution >= 4 is 44.1 Å². The van der Waals surface area contributed by atoms with Crippen LogP contribution in [-0.2, 0) is 4.79 Å². The fourth-order valence-corrected chi connectivity index (χ4v) is 3.62. The summed E-state index contributed by atoms with van der Waals surface area (Å²) >= 11 is 3.44. The summed E-state index contributed by atoms with van der Waals surface area (Å²) in [6, 6.07) is 5.59. The molecule has 27 heavy (non-hydrogen) atoms. The van der Waals surface area contributed by atoms with Gasteiger partial charge in [-0.2, -0.15) is 0 Å². The van der Waals surface area contributed by atoms with E-state index in [1.165, 1.54) is 6.20 Å². The molecule has 1 aliphatic rings. The number of pyridine rings is 1. The zero-order valence-electron chi connectivity index (χ0n) is 15.2. The molecule has 1 aromatic carbocycles. The molecule has 0 saturated carbocycles. The standard InChI is InChI=1S/C18H22BrN5O3/c1-2-5-20-17(25)12-22-6-8-23(9-7-22)18-14-10-13(19)3-4-15(14)21-11-16(18)24(26)27/h3-4,10-11H,2,5-9,12H2,1H3,(H,20,25). The molecule has 8 nitrogen and oxygen atoms in total. The van der Waals surface area contributed by atoms with Crippen LogP contribution in [0.5, 0.6) is 0 Å². The molecule has 2 heterocycles. The normalized spacial score (nSPS) is 15.1. The zero-order valence-corrected chi connectivity index (χ0v) is 16.7. The number of nitro groups is 1. The average Bonchev–Trinajstić information content (AvgIpc) is 2.66. The number of nitrogens with one attached hydrogen (secondary N) is 1. The summed E-state index contributed by atoms with van der Waals surface area (Å²) < 4.78 is 0.852. The van der Waals surface area contributed by atoms with Crippen molar-refractivity contribution in [1.29, 1.82) is 0 Å². The topological polar surface area (TPSA) is 91.6 Å². The summed E-state index contributed by atoms with van der Waals surface area (Å²) in [5.74, 6) is 0.0228. The molecule has 0 bridgehead atoms. The highest BCUT2D eigenvalue weighted by Crippen LogP contribution is 2.36. The van der Waals surface area contributed by atoms with Crippen molar-refractivity contribution in [2.24, 2.45) is 0 Å². The molecular formula is C18H22BrN5O3. The Morgan fingerprint density at radius 2 is 2.07 bits per heavy atom. The third kappa shape index (κ3) is 4.54. The van der Waals surface area contributed by atoms with E-state index in [4.69, 9.17) is 0 Å². The van der Waals surface area contributed by atoms with Gasteiger partial charge in [0.2, 0.25) is 5.91 Å². The zero-order chi connectivity index (χ0) is 19.4. The van der Waals surface area contributed by atoms with Crippen LogP contribution in [0.3, 0.4) is 0 Å². The van der Waals surface area contributed by atoms with Crippen LogP contribution >= 0.6 is 15.9 Å². The van der Waals surface area contributed by atoms with Crippen LogP contribution in [0.15, 0.2) is 28.9 Å². The van der Waals surface area contributed by atoms with Crippen LogP contribution in [0.25, 0.3) is 10.9 Å². The van der Waals surface area contributed by atoms with E-state index in [0.29, 0.717) is 45.0 Å². The molecule has 3 rings (SSSR count). The molecule has 1 aromatic heterocycles. The first-order valence-electron chi connectivity index (χ1n) is 8.96. The molecular weight excluding hydrogens is 414 g/mol. The maximum atomic E-state index is 11.9. The molecule has 0 unspecified atom stereocenters. The van der Waals surface area contributed by atoms with E-state index >= 15 is 0 Å². The monoisotopic (exact) mass is 435 g/mol. The van der Waals surface area contributed by atoms with Gasteiger partial charge in [0.25, 0.3) is 0 Å². The van der Waals surface area contributed by atoms with Crippen molar-refractivity contribution in [1.82, 2.24) is 15.2 Å². The number of hydrogen-bond acceptors (Lipinski definition) is 6. The first-order chi connectivity index (χ1) is 13.0. The van der Waals surface area contributed by atoms with Gasteiger partial charge in [-0.25, -0.2) is 4.98 Å². The number of rotatable bonds is 6. The van der Waals surface area contributed by atoms with Gasteiger partial charge in [0.1, 0.15) is 11.9 Å². The summed E-state index contributed by atoms with van der Waals surface area (Å²) in [7, 11) is 0. The molecule has 1 saturated heterocycles. The molecule has 144 valence electrons. The molecule has 2 aromatic rings. The number of anilines is 1. The predicted octanol–water partition coefficient (Wildman–Crippen LogP) is 2.55. The van der Waals surface area contributed by atoms with Crippen molar-refractivity contribution in [2.75, 3.05) is 44.2 Å². The Bertz CT molecular complexity index is 852. The number of amides is 1. The summed E-state index contributed by atoms with van der Waals surface area (Å²) in [6.07, 6.45) is 2.24. The Labute approximate surface area is 165 Å². The Morgan fingerprint density at radius 1 is 1.33 bits per heavy atom. The van der Waals surface area contributed by atoms with E-state index in [1.54, 1.807) is 0 Å². The predicted molar refractivity (Wildman–Crippen MR) is 108 cm³/mol. The second-order valence-electron chi connectivity index (χ2n) is 6.52. The van der Waals surface area contributed by atoms with Crippen LogP contribution in [0.4, 0.5) is 11.4 Å². The van der Waals surface area contributed by atoms with Crippen molar-refractivity contribution in [2.45, 2.75) is 13.3 Å². The molecule has 1 amide bonds. The summed E-state index contributed by atoms with van der Waals surface area (Å²) in [4.78, 5) is 31.4. The number of carbonyl (C=O) groups excluding carboxylic acids is 1. The Balaban J connectivity index is 1.80. The lowest BCUT2D eigenvalue weighted by atomic mass is 10.1. The fraction of sp³-hybridized carbons (Fsp3) is 0.444. The second-order valence-corrected chi connectivity index (χ2v) is 7.44. The Kier molecular flexibility index (Phi) is 6.22. The molecule has 1 N–H and O–H groups in total. The number of hydrogen-bond donors (Lipinski definition) is 1. The molecule has 1 fully saturated rings. The first-order valence-corrected chi connectivity index (χ1v) is 9.75. The minimum Gasteiger partial charge on any atom is -0.363 e. The molecule has 0 radical (unpaired) electrons. The van der Waals surface area contributed by atoms with Gasteiger partial charge in [0.15, 0.2) is 0 Å². The lowest BCUT2D eigenvalue weighted by Crippen LogP contribution is -2.49. The number of nitrogens with zero attached hydrogens (tertiary/aromatic N) is 4. The van der Waals surface area contributed by atoms with Gasteiger partial charge >= 0.3 is 5.69 Å². The van der Waals surface area contributed by atoms with Gasteiger partial charge in [-0.3, -0.25) is 19.8 Å². The highest BCUT2D eigenvalue weighted by atomic mass is 79.9. The smallest absolute Gasteiger partial charge is 0.311 e. The third-order valence-electron chi connectivity index (χ3n) is 4.61. The minimum atomic E-state index is -0.382. The minimum absolute atomic E-state index is 0.00902. The second kappa shape index (κ2) is 8.62. The van der Waals surface area contributed by atoms with Gasteiger partial charge in [0, 0.05) is 42.6 Å². The quantitative estimate of drug-likeness (QED) is 0.553. The van der Waals surface area contributed by atoms with E-state index in [2.05, 4.69) is 31.1 Å². The average molecular weight is 436 g/mol. The van der Waals surface area contributed by atoms with E-state index in [0.717, 1.165) is 21.8 Å². The maximum Gasteiger partial charge on any atom is 0.311 e. The van der Waals surface area contributed by atoms with Gasteiger partial charge in [0.05, 0.1) is 17.0 Å². The number of carbonyl (C=O) groups is 1. The number of fused-ring (bicyclic) bond motifs is 1.